The topological polar surface area (TPSA) is 9.23 Å². The number of alkyl halides is 6. The van der Waals surface area contributed by atoms with Crippen LogP contribution >= 0.6 is 0 Å². The van der Waals surface area contributed by atoms with Gasteiger partial charge in [-0.2, -0.15) is 26.3 Å². The number of hydrogen-bond donors (Lipinski definition) is 0. The number of ether oxygens (including phenoxy) is 1. The van der Waals surface area contributed by atoms with Gasteiger partial charge < -0.3 is 4.74 Å². The second-order valence-electron chi connectivity index (χ2n) is 7.55. The molecule has 2 atom stereocenters. The van der Waals surface area contributed by atoms with Crippen molar-refractivity contribution in [1.82, 2.24) is 0 Å². The minimum Gasteiger partial charge on any atom is -0.373 e. The highest BCUT2D eigenvalue weighted by atomic mass is 19.4. The molecular formula is C21H26F6O. The van der Waals surface area contributed by atoms with Crippen LogP contribution in [0.4, 0.5) is 26.3 Å². The second kappa shape index (κ2) is 9.16. The van der Waals surface area contributed by atoms with Crippen molar-refractivity contribution < 1.29 is 31.1 Å². The third-order valence-electron chi connectivity index (χ3n) is 4.55. The van der Waals surface area contributed by atoms with Gasteiger partial charge in [-0.3, -0.25) is 0 Å². The van der Waals surface area contributed by atoms with E-state index in [1.807, 2.05) is 13.8 Å². The minimum absolute atomic E-state index is 0.116. The van der Waals surface area contributed by atoms with E-state index in [4.69, 9.17) is 4.74 Å². The Labute approximate surface area is 162 Å². The van der Waals surface area contributed by atoms with E-state index in [1.165, 1.54) is 6.92 Å². The largest absolute Gasteiger partial charge is 0.416 e. The van der Waals surface area contributed by atoms with E-state index in [0.29, 0.717) is 18.6 Å². The molecule has 0 fully saturated rings. The summed E-state index contributed by atoms with van der Waals surface area (Å²) in [6.45, 7) is 13.0. The van der Waals surface area contributed by atoms with Gasteiger partial charge in [0, 0.05) is 0 Å². The molecule has 1 rings (SSSR count). The molecule has 0 heterocycles. The number of halogens is 6. The van der Waals surface area contributed by atoms with Crippen molar-refractivity contribution in [2.75, 3.05) is 6.61 Å². The Bertz CT molecular complexity index is 657. The third kappa shape index (κ3) is 7.34. The molecule has 0 amide bonds. The molecule has 1 aromatic rings. The zero-order chi connectivity index (χ0) is 21.8. The van der Waals surface area contributed by atoms with Gasteiger partial charge in [-0.1, -0.05) is 18.6 Å². The van der Waals surface area contributed by atoms with Crippen LogP contribution in [0.2, 0.25) is 0 Å². The quantitative estimate of drug-likeness (QED) is 0.300. The third-order valence-corrected chi connectivity index (χ3v) is 4.55. The lowest BCUT2D eigenvalue weighted by Crippen LogP contribution is -2.24. The molecule has 28 heavy (non-hydrogen) atoms. The summed E-state index contributed by atoms with van der Waals surface area (Å²) < 4.78 is 83.8. The van der Waals surface area contributed by atoms with Crippen LogP contribution in [-0.2, 0) is 17.1 Å². The Morgan fingerprint density at radius 3 is 1.96 bits per heavy atom. The Kier molecular flexibility index (Phi) is 7.94. The van der Waals surface area contributed by atoms with Crippen LogP contribution in [0.25, 0.3) is 0 Å². The Hall–Kier alpha value is -1.76. The molecule has 0 bridgehead atoms. The van der Waals surface area contributed by atoms with Crippen molar-refractivity contribution in [3.05, 3.63) is 59.7 Å². The summed E-state index contributed by atoms with van der Waals surface area (Å²) in [5.41, 5.74) is -2.21. The van der Waals surface area contributed by atoms with Gasteiger partial charge in [-0.25, -0.2) is 0 Å². The molecule has 0 saturated heterocycles. The molecule has 0 N–H and O–H groups in total. The minimum atomic E-state index is -4.88. The van der Waals surface area contributed by atoms with Gasteiger partial charge in [0.1, 0.15) is 0 Å². The van der Waals surface area contributed by atoms with Crippen LogP contribution < -0.4 is 0 Å². The smallest absolute Gasteiger partial charge is 0.373 e. The molecule has 0 aliphatic carbocycles. The predicted molar refractivity (Wildman–Crippen MR) is 97.8 cm³/mol. The molecule has 0 radical (unpaired) electrons. The maximum Gasteiger partial charge on any atom is 0.416 e. The molecule has 1 nitrogen and oxygen atoms in total. The first kappa shape index (κ1) is 24.3. The van der Waals surface area contributed by atoms with Gasteiger partial charge in [0.15, 0.2) is 0 Å². The lowest BCUT2D eigenvalue weighted by atomic mass is 9.82. The van der Waals surface area contributed by atoms with Crippen LogP contribution in [0.5, 0.6) is 0 Å². The second-order valence-corrected chi connectivity index (χ2v) is 7.55. The SMILES string of the molecule is C=CC[C@@](C)(CCC(=C)C)CO[C@H](C)c1cc(C(F)(F)F)cc(C(F)(F)F)c1. The average molecular weight is 408 g/mol. The lowest BCUT2D eigenvalue weighted by molar-refractivity contribution is -0.143. The summed E-state index contributed by atoms with van der Waals surface area (Å²) in [5.74, 6) is 0. The highest BCUT2D eigenvalue weighted by Crippen LogP contribution is 2.38. The van der Waals surface area contributed by atoms with Crippen LogP contribution in [0.3, 0.4) is 0 Å². The molecule has 7 heteroatoms. The summed E-state index contributed by atoms with van der Waals surface area (Å²) in [5, 5.41) is 0. The van der Waals surface area contributed by atoms with Crippen molar-refractivity contribution in [2.45, 2.75) is 58.5 Å². The van der Waals surface area contributed by atoms with Crippen molar-refractivity contribution in [2.24, 2.45) is 5.41 Å². The number of benzene rings is 1. The van der Waals surface area contributed by atoms with Crippen molar-refractivity contribution in [3.8, 4) is 0 Å². The maximum absolute atomic E-state index is 13.0. The standard InChI is InChI=1S/C21H26F6O/c1-6-8-19(5,9-7-14(2)3)13-28-15(4)16-10-17(20(22,23)24)12-18(11-16)21(25,26)27/h6,10-12,15H,1-2,7-9,13H2,3-5H3/t15-,19+/m1/s1. The molecule has 158 valence electrons. The van der Waals surface area contributed by atoms with Crippen molar-refractivity contribution in [1.29, 1.82) is 0 Å². The predicted octanol–water partition coefficient (Wildman–Crippen LogP) is 7.74. The Balaban J connectivity index is 3.08. The van der Waals surface area contributed by atoms with E-state index in [9.17, 15) is 26.3 Å². The first-order valence-corrected chi connectivity index (χ1v) is 8.84. The molecule has 0 aliphatic rings. The molecule has 0 aromatic heterocycles. The summed E-state index contributed by atoms with van der Waals surface area (Å²) in [4.78, 5) is 0. The van der Waals surface area contributed by atoms with Gasteiger partial charge in [-0.15, -0.1) is 13.2 Å². The zero-order valence-electron chi connectivity index (χ0n) is 16.3. The first-order valence-electron chi connectivity index (χ1n) is 8.84. The Morgan fingerprint density at radius 1 is 1.07 bits per heavy atom. The fraction of sp³-hybridized carbons (Fsp3) is 0.524. The van der Waals surface area contributed by atoms with Gasteiger partial charge in [0.2, 0.25) is 0 Å². The molecule has 0 aliphatic heterocycles. The number of allylic oxidation sites excluding steroid dienone is 2. The molecule has 0 saturated carbocycles. The molecule has 0 unspecified atom stereocenters. The summed E-state index contributed by atoms with van der Waals surface area (Å²) in [6.07, 6.45) is -6.91. The lowest BCUT2D eigenvalue weighted by Gasteiger charge is -2.30. The van der Waals surface area contributed by atoms with E-state index in [1.54, 1.807) is 6.08 Å². The van der Waals surface area contributed by atoms with E-state index < -0.39 is 29.6 Å². The van der Waals surface area contributed by atoms with Gasteiger partial charge in [-0.05, 0) is 62.3 Å². The summed E-state index contributed by atoms with van der Waals surface area (Å²) in [6, 6.07) is 1.53. The van der Waals surface area contributed by atoms with Crippen molar-refractivity contribution in [3.63, 3.8) is 0 Å². The van der Waals surface area contributed by atoms with Crippen LogP contribution in [0.15, 0.2) is 43.0 Å². The van der Waals surface area contributed by atoms with E-state index in [-0.39, 0.29) is 23.7 Å². The van der Waals surface area contributed by atoms with Gasteiger partial charge in [0.25, 0.3) is 0 Å². The monoisotopic (exact) mass is 408 g/mol. The fourth-order valence-electron chi connectivity index (χ4n) is 2.73. The molecule has 1 aromatic carbocycles. The molecular weight excluding hydrogens is 382 g/mol. The highest BCUT2D eigenvalue weighted by Gasteiger charge is 2.37. The first-order chi connectivity index (χ1) is 12.7. The van der Waals surface area contributed by atoms with Crippen LogP contribution in [0, 0.1) is 5.41 Å². The highest BCUT2D eigenvalue weighted by molar-refractivity contribution is 5.34. The van der Waals surface area contributed by atoms with Crippen LogP contribution in [-0.4, -0.2) is 6.61 Å². The van der Waals surface area contributed by atoms with E-state index in [2.05, 4.69) is 13.2 Å². The van der Waals surface area contributed by atoms with E-state index >= 15 is 0 Å². The number of rotatable bonds is 9. The zero-order valence-corrected chi connectivity index (χ0v) is 16.3. The van der Waals surface area contributed by atoms with Crippen molar-refractivity contribution >= 4 is 0 Å². The number of hydrogen-bond acceptors (Lipinski definition) is 1. The molecule has 0 spiro atoms. The average Bonchev–Trinajstić information content (AvgIpc) is 2.56. The Morgan fingerprint density at radius 2 is 1.57 bits per heavy atom. The summed E-state index contributed by atoms with van der Waals surface area (Å²) in [7, 11) is 0. The van der Waals surface area contributed by atoms with Crippen LogP contribution in [0.1, 0.15) is 62.8 Å². The normalized spacial score (nSPS) is 15.8. The van der Waals surface area contributed by atoms with Gasteiger partial charge >= 0.3 is 12.4 Å². The maximum atomic E-state index is 13.0. The van der Waals surface area contributed by atoms with Gasteiger partial charge in [0.05, 0.1) is 23.8 Å². The summed E-state index contributed by atoms with van der Waals surface area (Å²) >= 11 is 0. The fourth-order valence-corrected chi connectivity index (χ4v) is 2.73. The van der Waals surface area contributed by atoms with E-state index in [0.717, 1.165) is 18.4 Å².